The van der Waals surface area contributed by atoms with Crippen molar-refractivity contribution in [1.82, 2.24) is 15.0 Å². The van der Waals surface area contributed by atoms with Crippen molar-refractivity contribution in [3.05, 3.63) is 77.4 Å². The molecule has 0 amide bonds. The Morgan fingerprint density at radius 1 is 1.11 bits per heavy atom. The first-order chi connectivity index (χ1) is 13.5. The fourth-order valence-corrected chi connectivity index (χ4v) is 3.32. The molecule has 0 fully saturated rings. The van der Waals surface area contributed by atoms with Gasteiger partial charge in [0.05, 0.1) is 24.8 Å². The fraction of sp³-hybridized carbons (Fsp3) is 0.273. The lowest BCUT2D eigenvalue weighted by atomic mass is 10.0. The molecular formula is C22H24N4O2. The number of methoxy groups -OCH3 is 1. The van der Waals surface area contributed by atoms with Crippen LogP contribution in [0, 0.1) is 13.8 Å². The second-order valence-electron chi connectivity index (χ2n) is 7.07. The number of aliphatic imine (C=N–C) groups is 1. The molecule has 6 nitrogen and oxygen atoms in total. The number of benzene rings is 2. The van der Waals surface area contributed by atoms with Crippen molar-refractivity contribution in [2.24, 2.45) is 4.99 Å². The number of hydroxylamine groups is 1. The summed E-state index contributed by atoms with van der Waals surface area (Å²) < 4.78 is 7.56. The molecule has 0 aliphatic carbocycles. The largest absolute Gasteiger partial charge is 0.495 e. The molecular weight excluding hydrogens is 352 g/mol. The minimum Gasteiger partial charge on any atom is -0.495 e. The van der Waals surface area contributed by atoms with E-state index in [0.29, 0.717) is 5.84 Å². The Morgan fingerprint density at radius 3 is 2.57 bits per heavy atom. The highest BCUT2D eigenvalue weighted by atomic mass is 16.7. The first-order valence-electron chi connectivity index (χ1n) is 9.30. The van der Waals surface area contributed by atoms with E-state index in [4.69, 9.17) is 14.6 Å². The van der Waals surface area contributed by atoms with E-state index in [1.165, 1.54) is 5.56 Å². The van der Waals surface area contributed by atoms with Crippen LogP contribution in [0.2, 0.25) is 0 Å². The van der Waals surface area contributed by atoms with Gasteiger partial charge in [-0.05, 0) is 44.5 Å². The summed E-state index contributed by atoms with van der Waals surface area (Å²) in [6.07, 6.45) is 3.68. The number of hydrogen-bond donors (Lipinski definition) is 1. The zero-order valence-electron chi connectivity index (χ0n) is 16.5. The molecule has 0 saturated carbocycles. The van der Waals surface area contributed by atoms with Crippen LogP contribution in [0.5, 0.6) is 5.75 Å². The molecule has 2 atom stereocenters. The van der Waals surface area contributed by atoms with Crippen LogP contribution >= 0.6 is 0 Å². The predicted molar refractivity (Wildman–Crippen MR) is 109 cm³/mol. The molecule has 2 unspecified atom stereocenters. The summed E-state index contributed by atoms with van der Waals surface area (Å²) in [4.78, 5) is 15.0. The molecule has 0 bridgehead atoms. The van der Waals surface area contributed by atoms with Gasteiger partial charge in [-0.1, -0.05) is 29.8 Å². The normalized spacial score (nSPS) is 19.1. The monoisotopic (exact) mass is 376 g/mol. The Kier molecular flexibility index (Phi) is 4.88. The van der Waals surface area contributed by atoms with Crippen LogP contribution in [-0.2, 0) is 4.84 Å². The molecule has 28 heavy (non-hydrogen) atoms. The molecule has 3 aromatic rings. The Morgan fingerprint density at radius 2 is 1.89 bits per heavy atom. The number of nitrogens with one attached hydrogen (secondary N) is 1. The number of ether oxygens (including phenoxy) is 1. The highest BCUT2D eigenvalue weighted by Crippen LogP contribution is 2.29. The standard InChI is InChI=1S/C22H24N4O2/c1-14-5-7-17(8-6-14)21-16(3)28-25-22(24-21)18-9-10-19(20(11-18)27-4)26-12-15(2)23-13-26/h5-13,16,21H,1-4H3,(H,24,25). The van der Waals surface area contributed by atoms with Gasteiger partial charge in [0.1, 0.15) is 17.9 Å². The maximum Gasteiger partial charge on any atom is 0.153 e. The zero-order valence-corrected chi connectivity index (χ0v) is 16.5. The highest BCUT2D eigenvalue weighted by molar-refractivity contribution is 5.99. The van der Waals surface area contributed by atoms with Crippen LogP contribution in [0.3, 0.4) is 0 Å². The van der Waals surface area contributed by atoms with Crippen LogP contribution in [0.1, 0.15) is 35.3 Å². The Labute approximate surface area is 164 Å². The Hall–Kier alpha value is -3.12. The van der Waals surface area contributed by atoms with Crippen molar-refractivity contribution in [2.75, 3.05) is 7.11 Å². The molecule has 2 heterocycles. The van der Waals surface area contributed by atoms with E-state index in [-0.39, 0.29) is 12.1 Å². The minimum absolute atomic E-state index is 0.0680. The number of rotatable bonds is 4. The van der Waals surface area contributed by atoms with Gasteiger partial charge in [0.25, 0.3) is 0 Å². The van der Waals surface area contributed by atoms with E-state index < -0.39 is 0 Å². The molecule has 0 radical (unpaired) electrons. The third-order valence-electron chi connectivity index (χ3n) is 4.92. The van der Waals surface area contributed by atoms with E-state index in [2.05, 4.69) is 41.7 Å². The van der Waals surface area contributed by atoms with Gasteiger partial charge in [-0.2, -0.15) is 0 Å². The third kappa shape index (κ3) is 3.51. The molecule has 6 heteroatoms. The number of aryl methyl sites for hydroxylation is 2. The van der Waals surface area contributed by atoms with Crippen LogP contribution in [-0.4, -0.2) is 28.6 Å². The molecule has 4 rings (SSSR count). The lowest BCUT2D eigenvalue weighted by Crippen LogP contribution is -2.37. The van der Waals surface area contributed by atoms with E-state index in [9.17, 15) is 0 Å². The van der Waals surface area contributed by atoms with Crippen LogP contribution in [0.4, 0.5) is 0 Å². The topological polar surface area (TPSA) is 60.7 Å². The predicted octanol–water partition coefficient (Wildman–Crippen LogP) is 3.91. The molecule has 144 valence electrons. The lowest BCUT2D eigenvalue weighted by molar-refractivity contribution is -0.00463. The molecule has 1 N–H and O–H groups in total. The summed E-state index contributed by atoms with van der Waals surface area (Å²) in [5.41, 5.74) is 8.13. The molecule has 1 aliphatic rings. The quantitative estimate of drug-likeness (QED) is 0.750. The minimum atomic E-state index is -0.0705. The number of hydrogen-bond acceptors (Lipinski definition) is 5. The lowest BCUT2D eigenvalue weighted by Gasteiger charge is -2.28. The van der Waals surface area contributed by atoms with Crippen LogP contribution in [0.25, 0.3) is 5.69 Å². The van der Waals surface area contributed by atoms with E-state index in [1.54, 1.807) is 13.4 Å². The van der Waals surface area contributed by atoms with Gasteiger partial charge >= 0.3 is 0 Å². The van der Waals surface area contributed by atoms with Gasteiger partial charge < -0.3 is 9.30 Å². The van der Waals surface area contributed by atoms with Crippen molar-refractivity contribution < 1.29 is 9.57 Å². The van der Waals surface area contributed by atoms with Gasteiger partial charge in [-0.15, -0.1) is 0 Å². The van der Waals surface area contributed by atoms with Gasteiger partial charge in [-0.25, -0.2) is 10.5 Å². The highest BCUT2D eigenvalue weighted by Gasteiger charge is 2.26. The van der Waals surface area contributed by atoms with Crippen LogP contribution in [0.15, 0.2) is 60.0 Å². The van der Waals surface area contributed by atoms with Gasteiger partial charge in [0.2, 0.25) is 0 Å². The maximum absolute atomic E-state index is 5.80. The number of nitrogens with zero attached hydrogens (tertiary/aromatic N) is 3. The zero-order chi connectivity index (χ0) is 19.7. The fourth-order valence-electron chi connectivity index (χ4n) is 3.32. The van der Waals surface area contributed by atoms with Crippen molar-refractivity contribution in [3.8, 4) is 11.4 Å². The van der Waals surface area contributed by atoms with Gasteiger partial charge in [0.15, 0.2) is 5.84 Å². The molecule has 0 saturated heterocycles. The first-order valence-corrected chi connectivity index (χ1v) is 9.30. The number of aromatic nitrogens is 2. The molecule has 2 aromatic carbocycles. The van der Waals surface area contributed by atoms with Crippen molar-refractivity contribution in [3.63, 3.8) is 0 Å². The second kappa shape index (κ2) is 7.48. The number of amidine groups is 1. The summed E-state index contributed by atoms with van der Waals surface area (Å²) in [6, 6.07) is 14.3. The van der Waals surface area contributed by atoms with E-state index in [1.807, 2.05) is 42.8 Å². The molecule has 1 aliphatic heterocycles. The first kappa shape index (κ1) is 18.3. The summed E-state index contributed by atoms with van der Waals surface area (Å²) in [7, 11) is 1.66. The maximum atomic E-state index is 5.80. The summed E-state index contributed by atoms with van der Waals surface area (Å²) in [5, 5.41) is 0. The van der Waals surface area contributed by atoms with Crippen molar-refractivity contribution in [1.29, 1.82) is 0 Å². The van der Waals surface area contributed by atoms with Gasteiger partial charge in [-0.3, -0.25) is 9.83 Å². The number of imidazole rings is 1. The van der Waals surface area contributed by atoms with Gasteiger partial charge in [0, 0.05) is 11.8 Å². The Balaban J connectivity index is 1.69. The van der Waals surface area contributed by atoms with E-state index >= 15 is 0 Å². The smallest absolute Gasteiger partial charge is 0.153 e. The van der Waals surface area contributed by atoms with Crippen molar-refractivity contribution >= 4 is 5.84 Å². The van der Waals surface area contributed by atoms with Crippen molar-refractivity contribution in [2.45, 2.75) is 32.9 Å². The van der Waals surface area contributed by atoms with E-state index in [0.717, 1.165) is 28.3 Å². The average molecular weight is 376 g/mol. The molecule has 1 aromatic heterocycles. The molecule has 0 spiro atoms. The summed E-state index contributed by atoms with van der Waals surface area (Å²) in [6.45, 7) is 6.06. The average Bonchev–Trinajstić information content (AvgIpc) is 3.15. The van der Waals surface area contributed by atoms with Crippen LogP contribution < -0.4 is 10.2 Å². The third-order valence-corrected chi connectivity index (χ3v) is 4.92. The SMILES string of the molecule is COc1cc(C2=NC(c3ccc(C)cc3)C(C)ON2)ccc1-n1cnc(C)c1. The Bertz CT molecular complexity index is 1010. The summed E-state index contributed by atoms with van der Waals surface area (Å²) >= 11 is 0. The second-order valence-corrected chi connectivity index (χ2v) is 7.07. The summed E-state index contributed by atoms with van der Waals surface area (Å²) in [5.74, 6) is 1.43.